The minimum Gasteiger partial charge on any atom is -0.130 e. The summed E-state index contributed by atoms with van der Waals surface area (Å²) in [6.07, 6.45) is 3.42. The average molecular weight is 281 g/mol. The van der Waals surface area contributed by atoms with E-state index in [1.54, 1.807) is 16.6 Å². The van der Waals surface area contributed by atoms with E-state index >= 15 is 0 Å². The Hall–Kier alpha value is -1.07. The van der Waals surface area contributed by atoms with E-state index in [9.17, 15) is 0 Å². The van der Waals surface area contributed by atoms with Crippen LogP contribution in [0.2, 0.25) is 0 Å². The Labute approximate surface area is 115 Å². The highest BCUT2D eigenvalue weighted by atomic mass is 35.5. The molecule has 3 rings (SSSR count). The number of para-hydroxylation sites is 1. The van der Waals surface area contributed by atoms with Crippen LogP contribution in [0.1, 0.15) is 19.3 Å². The second-order valence-electron chi connectivity index (χ2n) is 4.30. The van der Waals surface area contributed by atoms with Crippen molar-refractivity contribution in [2.75, 3.05) is 0 Å². The Balaban J connectivity index is 1.74. The van der Waals surface area contributed by atoms with E-state index in [0.717, 1.165) is 18.5 Å². The first-order chi connectivity index (χ1) is 8.83. The van der Waals surface area contributed by atoms with Crippen molar-refractivity contribution in [3.63, 3.8) is 0 Å². The Bertz CT molecular complexity index is 516. The third kappa shape index (κ3) is 2.52. The zero-order valence-corrected chi connectivity index (χ0v) is 11.3. The molecule has 2 aromatic rings. The molecule has 0 aliphatic heterocycles. The van der Waals surface area contributed by atoms with Crippen LogP contribution in [0.3, 0.4) is 0 Å². The Morgan fingerprint density at radius 2 is 2.06 bits per heavy atom. The van der Waals surface area contributed by atoms with Gasteiger partial charge in [-0.15, -0.1) is 26.6 Å². The molecular weight excluding hydrogens is 268 g/mol. The minimum absolute atomic E-state index is 0.235. The maximum absolute atomic E-state index is 6.25. The fourth-order valence-electron chi connectivity index (χ4n) is 2.07. The molecule has 2 unspecified atom stereocenters. The zero-order valence-electron chi connectivity index (χ0n) is 9.74. The van der Waals surface area contributed by atoms with Crippen molar-refractivity contribution in [1.29, 1.82) is 0 Å². The lowest BCUT2D eigenvalue weighted by molar-refractivity contribution is 0.716. The Kier molecular flexibility index (Phi) is 3.52. The summed E-state index contributed by atoms with van der Waals surface area (Å²) >= 11 is 7.89. The van der Waals surface area contributed by atoms with Crippen molar-refractivity contribution < 1.29 is 0 Å². The molecule has 1 aromatic heterocycles. The van der Waals surface area contributed by atoms with Crippen LogP contribution >= 0.6 is 23.4 Å². The first kappa shape index (κ1) is 12.0. The van der Waals surface area contributed by atoms with Crippen LogP contribution in [0.25, 0.3) is 5.69 Å². The molecule has 1 heterocycles. The summed E-state index contributed by atoms with van der Waals surface area (Å²) in [5, 5.41) is 13.9. The summed E-state index contributed by atoms with van der Waals surface area (Å²) < 4.78 is 0. The molecule has 1 aromatic carbocycles. The summed E-state index contributed by atoms with van der Waals surface area (Å²) in [6.45, 7) is 0. The number of hydrogen-bond acceptors (Lipinski definition) is 4. The number of tetrazole rings is 1. The summed E-state index contributed by atoms with van der Waals surface area (Å²) in [4.78, 5) is 1.56. The lowest BCUT2D eigenvalue weighted by Gasteiger charge is -2.09. The van der Waals surface area contributed by atoms with E-state index < -0.39 is 0 Å². The van der Waals surface area contributed by atoms with Gasteiger partial charge in [0.05, 0.1) is 5.69 Å². The predicted molar refractivity (Wildman–Crippen MR) is 72.3 cm³/mol. The summed E-state index contributed by atoms with van der Waals surface area (Å²) in [5.74, 6) is 0. The number of alkyl halides is 1. The molecule has 94 valence electrons. The maximum Gasteiger partial charge on any atom is 0.231 e. The quantitative estimate of drug-likeness (QED) is 0.811. The van der Waals surface area contributed by atoms with E-state index in [2.05, 4.69) is 15.4 Å². The highest BCUT2D eigenvalue weighted by Crippen LogP contribution is 2.36. The van der Waals surface area contributed by atoms with Crippen LogP contribution in [0.4, 0.5) is 0 Å². The third-order valence-electron chi connectivity index (χ3n) is 3.01. The van der Waals surface area contributed by atoms with E-state index in [-0.39, 0.29) is 5.38 Å². The number of aromatic nitrogens is 4. The Morgan fingerprint density at radius 1 is 1.22 bits per heavy atom. The molecule has 4 nitrogen and oxygen atoms in total. The van der Waals surface area contributed by atoms with Crippen molar-refractivity contribution in [2.24, 2.45) is 0 Å². The predicted octanol–water partition coefficient (Wildman–Crippen LogP) is 2.91. The number of rotatable bonds is 3. The van der Waals surface area contributed by atoms with Crippen LogP contribution in [0.5, 0.6) is 0 Å². The largest absolute Gasteiger partial charge is 0.231 e. The molecule has 0 radical (unpaired) electrons. The molecule has 2 atom stereocenters. The molecule has 0 N–H and O–H groups in total. The third-order valence-corrected chi connectivity index (χ3v) is 4.92. The molecular formula is C12H13ClN4S. The molecule has 0 spiro atoms. The van der Waals surface area contributed by atoms with Gasteiger partial charge in [0.1, 0.15) is 0 Å². The first-order valence-electron chi connectivity index (χ1n) is 5.99. The van der Waals surface area contributed by atoms with E-state index in [0.29, 0.717) is 10.4 Å². The molecule has 1 fully saturated rings. The fourth-order valence-corrected chi connectivity index (χ4v) is 3.55. The summed E-state index contributed by atoms with van der Waals surface area (Å²) in [6, 6.07) is 9.79. The van der Waals surface area contributed by atoms with Crippen molar-refractivity contribution in [1.82, 2.24) is 20.2 Å². The van der Waals surface area contributed by atoms with Crippen molar-refractivity contribution in [3.05, 3.63) is 30.3 Å². The lowest BCUT2D eigenvalue weighted by atomic mass is 10.3. The highest BCUT2D eigenvalue weighted by molar-refractivity contribution is 7.99. The van der Waals surface area contributed by atoms with Gasteiger partial charge in [0, 0.05) is 10.6 Å². The van der Waals surface area contributed by atoms with Gasteiger partial charge in [0.25, 0.3) is 0 Å². The topological polar surface area (TPSA) is 43.6 Å². The molecule has 18 heavy (non-hydrogen) atoms. The first-order valence-corrected chi connectivity index (χ1v) is 7.31. The lowest BCUT2D eigenvalue weighted by Crippen LogP contribution is -2.09. The van der Waals surface area contributed by atoms with Gasteiger partial charge in [0.2, 0.25) is 5.16 Å². The molecule has 1 aliphatic rings. The van der Waals surface area contributed by atoms with Crippen LogP contribution in [-0.2, 0) is 0 Å². The van der Waals surface area contributed by atoms with Crippen LogP contribution in [0.15, 0.2) is 35.5 Å². The fraction of sp³-hybridized carbons (Fsp3) is 0.417. The van der Waals surface area contributed by atoms with E-state index in [1.165, 1.54) is 6.42 Å². The number of thioether (sulfide) groups is 1. The van der Waals surface area contributed by atoms with Crippen molar-refractivity contribution in [3.8, 4) is 5.69 Å². The van der Waals surface area contributed by atoms with Gasteiger partial charge in [0.15, 0.2) is 0 Å². The minimum atomic E-state index is 0.235. The zero-order chi connectivity index (χ0) is 12.4. The number of nitrogens with zero attached hydrogens (tertiary/aromatic N) is 4. The van der Waals surface area contributed by atoms with Crippen LogP contribution in [0, 0.1) is 0 Å². The highest BCUT2D eigenvalue weighted by Gasteiger charge is 2.27. The van der Waals surface area contributed by atoms with Gasteiger partial charge in [-0.25, -0.2) is 0 Å². The van der Waals surface area contributed by atoms with Crippen molar-refractivity contribution >= 4 is 23.4 Å². The molecule has 0 saturated heterocycles. The second kappa shape index (κ2) is 5.28. The van der Waals surface area contributed by atoms with Gasteiger partial charge in [-0.3, -0.25) is 0 Å². The van der Waals surface area contributed by atoms with Gasteiger partial charge in [-0.05, 0) is 30.2 Å². The monoisotopic (exact) mass is 280 g/mol. The number of benzene rings is 1. The van der Waals surface area contributed by atoms with Gasteiger partial charge in [-0.2, -0.15) is 0 Å². The molecule has 6 heteroatoms. The standard InChI is InChI=1S/C12H13ClN4S/c13-10-7-4-8-11(10)18-12-14-16-17(15-12)9-5-2-1-3-6-9/h1-3,5-6,10-11H,4,7-8H2. The van der Waals surface area contributed by atoms with Crippen LogP contribution in [-0.4, -0.2) is 30.8 Å². The van der Waals surface area contributed by atoms with E-state index in [1.807, 2.05) is 30.3 Å². The van der Waals surface area contributed by atoms with Crippen molar-refractivity contribution in [2.45, 2.75) is 35.0 Å². The second-order valence-corrected chi connectivity index (χ2v) is 6.07. The average Bonchev–Trinajstić information content (AvgIpc) is 3.02. The van der Waals surface area contributed by atoms with E-state index in [4.69, 9.17) is 11.6 Å². The number of hydrogen-bond donors (Lipinski definition) is 0. The maximum atomic E-state index is 6.25. The Morgan fingerprint density at radius 3 is 2.78 bits per heavy atom. The molecule has 1 saturated carbocycles. The SMILES string of the molecule is ClC1CCCC1Sc1nnn(-c2ccccc2)n1. The normalized spacial score (nSPS) is 23.4. The molecule has 0 bridgehead atoms. The molecule has 1 aliphatic carbocycles. The smallest absolute Gasteiger partial charge is 0.130 e. The van der Waals surface area contributed by atoms with Crippen LogP contribution < -0.4 is 0 Å². The van der Waals surface area contributed by atoms with Gasteiger partial charge < -0.3 is 0 Å². The number of halogens is 1. The van der Waals surface area contributed by atoms with Gasteiger partial charge in [-0.1, -0.05) is 36.4 Å². The van der Waals surface area contributed by atoms with Gasteiger partial charge >= 0.3 is 0 Å². The molecule has 0 amide bonds. The summed E-state index contributed by atoms with van der Waals surface area (Å²) in [7, 11) is 0. The summed E-state index contributed by atoms with van der Waals surface area (Å²) in [5.41, 5.74) is 0.922.